The van der Waals surface area contributed by atoms with Crippen molar-refractivity contribution in [2.45, 2.75) is 51.7 Å². The fraction of sp³-hybridized carbons (Fsp3) is 0.600. The summed E-state index contributed by atoms with van der Waals surface area (Å²) in [5, 5.41) is 17.4. The van der Waals surface area contributed by atoms with Gasteiger partial charge in [-0.1, -0.05) is 6.07 Å². The number of amides is 2. The Kier molecular flexibility index (Phi) is 5.92. The Balaban J connectivity index is 2.27. The molecule has 0 aliphatic heterocycles. The number of thiophene rings is 1. The van der Waals surface area contributed by atoms with Gasteiger partial charge in [0.2, 0.25) is 5.91 Å². The van der Waals surface area contributed by atoms with Gasteiger partial charge in [-0.25, -0.2) is 0 Å². The van der Waals surface area contributed by atoms with Crippen molar-refractivity contribution >= 4 is 23.2 Å². The Morgan fingerprint density at radius 2 is 1.95 bits per heavy atom. The summed E-state index contributed by atoms with van der Waals surface area (Å²) in [5.41, 5.74) is -1.71. The first-order chi connectivity index (χ1) is 9.63. The summed E-state index contributed by atoms with van der Waals surface area (Å²) in [6.45, 7) is 7.34. The van der Waals surface area contributed by atoms with E-state index in [1.807, 2.05) is 11.4 Å². The number of hydrogen-bond donors (Lipinski definition) is 3. The first-order valence-corrected chi connectivity index (χ1v) is 7.86. The summed E-state index contributed by atoms with van der Waals surface area (Å²) >= 11 is 1.39. The minimum atomic E-state index is -1.00. The van der Waals surface area contributed by atoms with Gasteiger partial charge < -0.3 is 15.7 Å². The van der Waals surface area contributed by atoms with Crippen LogP contribution in [-0.2, 0) is 4.79 Å². The average Bonchev–Trinajstić information content (AvgIpc) is 2.86. The quantitative estimate of drug-likeness (QED) is 0.673. The van der Waals surface area contributed by atoms with Crippen LogP contribution < -0.4 is 10.6 Å². The van der Waals surface area contributed by atoms with Crippen LogP contribution in [0.15, 0.2) is 17.5 Å². The molecule has 0 spiro atoms. The highest BCUT2D eigenvalue weighted by molar-refractivity contribution is 7.12. The maximum absolute atomic E-state index is 11.8. The molecule has 118 valence electrons. The first-order valence-electron chi connectivity index (χ1n) is 6.98. The third-order valence-corrected chi connectivity index (χ3v) is 4.46. The zero-order valence-electron chi connectivity index (χ0n) is 13.0. The van der Waals surface area contributed by atoms with Crippen LogP contribution in [0.4, 0.5) is 0 Å². The molecule has 0 unspecified atom stereocenters. The molecule has 6 heteroatoms. The van der Waals surface area contributed by atoms with Gasteiger partial charge in [-0.2, -0.15) is 0 Å². The molecule has 0 aliphatic carbocycles. The second-order valence-electron chi connectivity index (χ2n) is 6.07. The van der Waals surface area contributed by atoms with E-state index >= 15 is 0 Å². The number of aliphatic hydroxyl groups is 1. The minimum absolute atomic E-state index is 0.109. The van der Waals surface area contributed by atoms with Gasteiger partial charge in [0.15, 0.2) is 0 Å². The molecular weight excluding hydrogens is 288 g/mol. The zero-order chi connectivity index (χ0) is 16.1. The Bertz CT molecular complexity index is 476. The molecule has 2 amide bonds. The van der Waals surface area contributed by atoms with E-state index in [0.29, 0.717) is 24.3 Å². The van der Waals surface area contributed by atoms with Gasteiger partial charge in [0.25, 0.3) is 5.91 Å². The third-order valence-electron chi connectivity index (χ3n) is 3.59. The molecule has 1 heterocycles. The molecule has 1 aromatic rings. The van der Waals surface area contributed by atoms with Crippen LogP contribution in [0.3, 0.4) is 0 Å². The molecule has 1 aromatic heterocycles. The molecule has 0 fully saturated rings. The summed E-state index contributed by atoms with van der Waals surface area (Å²) in [4.78, 5) is 24.2. The molecule has 21 heavy (non-hydrogen) atoms. The first kappa shape index (κ1) is 17.7. The monoisotopic (exact) mass is 312 g/mol. The second kappa shape index (κ2) is 7.04. The van der Waals surface area contributed by atoms with Crippen molar-refractivity contribution in [1.82, 2.24) is 10.6 Å². The van der Waals surface area contributed by atoms with Crippen LogP contribution in [0.1, 0.15) is 50.2 Å². The zero-order valence-corrected chi connectivity index (χ0v) is 13.8. The van der Waals surface area contributed by atoms with E-state index in [2.05, 4.69) is 10.6 Å². The summed E-state index contributed by atoms with van der Waals surface area (Å²) < 4.78 is 0. The van der Waals surface area contributed by atoms with Crippen molar-refractivity contribution in [1.29, 1.82) is 0 Å². The lowest BCUT2D eigenvalue weighted by Crippen LogP contribution is -2.57. The average molecular weight is 312 g/mol. The van der Waals surface area contributed by atoms with E-state index in [-0.39, 0.29) is 11.8 Å². The highest BCUT2D eigenvalue weighted by Crippen LogP contribution is 2.20. The molecule has 5 nitrogen and oxygen atoms in total. The van der Waals surface area contributed by atoms with Crippen LogP contribution in [-0.4, -0.2) is 34.6 Å². The highest BCUT2D eigenvalue weighted by atomic mass is 32.1. The summed E-state index contributed by atoms with van der Waals surface area (Å²) in [6, 6.07) is 3.59. The number of carbonyl (C=O) groups excluding carboxylic acids is 2. The number of carbonyl (C=O) groups is 2. The molecule has 0 bridgehead atoms. The Morgan fingerprint density at radius 1 is 1.29 bits per heavy atom. The van der Waals surface area contributed by atoms with Crippen molar-refractivity contribution in [3.05, 3.63) is 22.4 Å². The predicted octanol–water partition coefficient (Wildman–Crippen LogP) is 1.92. The molecule has 0 aromatic carbocycles. The highest BCUT2D eigenvalue weighted by Gasteiger charge is 2.35. The van der Waals surface area contributed by atoms with Gasteiger partial charge in [0.1, 0.15) is 0 Å². The standard InChI is InChI=1S/C15H24N2O3S/c1-14(2,15(3,4)20)17-12(18)8-5-9-16-13(19)11-7-6-10-21-11/h6-7,10,20H,5,8-9H2,1-4H3,(H,16,19)(H,17,18). The lowest BCUT2D eigenvalue weighted by Gasteiger charge is -2.38. The van der Waals surface area contributed by atoms with Crippen LogP contribution in [0.2, 0.25) is 0 Å². The van der Waals surface area contributed by atoms with E-state index < -0.39 is 11.1 Å². The largest absolute Gasteiger partial charge is 0.388 e. The Labute approximate surface area is 129 Å². The van der Waals surface area contributed by atoms with Gasteiger partial charge in [0.05, 0.1) is 16.0 Å². The summed E-state index contributed by atoms with van der Waals surface area (Å²) in [7, 11) is 0. The van der Waals surface area contributed by atoms with E-state index in [9.17, 15) is 14.7 Å². The van der Waals surface area contributed by atoms with Crippen molar-refractivity contribution in [2.75, 3.05) is 6.54 Å². The Hall–Kier alpha value is -1.40. The SMILES string of the molecule is CC(C)(O)C(C)(C)NC(=O)CCCNC(=O)c1cccs1. The van der Waals surface area contributed by atoms with Crippen molar-refractivity contribution < 1.29 is 14.7 Å². The smallest absolute Gasteiger partial charge is 0.261 e. The van der Waals surface area contributed by atoms with Crippen LogP contribution >= 0.6 is 11.3 Å². The number of rotatable bonds is 7. The van der Waals surface area contributed by atoms with Crippen molar-refractivity contribution in [3.63, 3.8) is 0 Å². The van der Waals surface area contributed by atoms with Crippen LogP contribution in [0.5, 0.6) is 0 Å². The van der Waals surface area contributed by atoms with Crippen LogP contribution in [0, 0.1) is 0 Å². The van der Waals surface area contributed by atoms with Gasteiger partial charge in [-0.05, 0) is 45.6 Å². The molecule has 0 radical (unpaired) electrons. The fourth-order valence-electron chi connectivity index (χ4n) is 1.51. The molecule has 0 atom stereocenters. The fourth-order valence-corrected chi connectivity index (χ4v) is 2.15. The Morgan fingerprint density at radius 3 is 2.48 bits per heavy atom. The number of nitrogens with one attached hydrogen (secondary N) is 2. The lowest BCUT2D eigenvalue weighted by atomic mass is 9.86. The van der Waals surface area contributed by atoms with Crippen molar-refractivity contribution in [3.8, 4) is 0 Å². The molecule has 0 aliphatic rings. The van der Waals surface area contributed by atoms with E-state index in [1.165, 1.54) is 11.3 Å². The molecule has 1 rings (SSSR count). The van der Waals surface area contributed by atoms with Gasteiger partial charge >= 0.3 is 0 Å². The predicted molar refractivity (Wildman–Crippen MR) is 84.4 cm³/mol. The van der Waals surface area contributed by atoms with Crippen LogP contribution in [0.25, 0.3) is 0 Å². The molecule has 0 saturated carbocycles. The second-order valence-corrected chi connectivity index (χ2v) is 7.02. The molecule has 0 saturated heterocycles. The maximum atomic E-state index is 11.8. The molecular formula is C15H24N2O3S. The third kappa shape index (κ3) is 5.47. The minimum Gasteiger partial charge on any atom is -0.388 e. The van der Waals surface area contributed by atoms with Gasteiger partial charge in [0, 0.05) is 13.0 Å². The van der Waals surface area contributed by atoms with E-state index in [4.69, 9.17) is 0 Å². The van der Waals surface area contributed by atoms with E-state index in [1.54, 1.807) is 33.8 Å². The van der Waals surface area contributed by atoms with E-state index in [0.717, 1.165) is 0 Å². The maximum Gasteiger partial charge on any atom is 0.261 e. The summed E-state index contributed by atoms with van der Waals surface area (Å²) in [5.74, 6) is -0.241. The summed E-state index contributed by atoms with van der Waals surface area (Å²) in [6.07, 6.45) is 0.870. The molecule has 3 N–H and O–H groups in total. The topological polar surface area (TPSA) is 78.4 Å². The van der Waals surface area contributed by atoms with Crippen molar-refractivity contribution in [2.24, 2.45) is 0 Å². The number of hydrogen-bond acceptors (Lipinski definition) is 4. The van der Waals surface area contributed by atoms with Gasteiger partial charge in [-0.3, -0.25) is 9.59 Å². The normalized spacial score (nSPS) is 12.0. The van der Waals surface area contributed by atoms with Gasteiger partial charge in [-0.15, -0.1) is 11.3 Å². The lowest BCUT2D eigenvalue weighted by molar-refractivity contribution is -0.126.